The second-order valence-corrected chi connectivity index (χ2v) is 6.89. The van der Waals surface area contributed by atoms with Gasteiger partial charge in [0.15, 0.2) is 0 Å². The molecule has 0 saturated heterocycles. The molecule has 1 aliphatic carbocycles. The van der Waals surface area contributed by atoms with E-state index in [1.165, 1.54) is 10.4 Å². The number of aliphatic hydroxyl groups excluding tert-OH is 1. The van der Waals surface area contributed by atoms with Crippen molar-refractivity contribution < 1.29 is 13.5 Å². The third kappa shape index (κ3) is 2.75. The normalized spacial score (nSPS) is 16.0. The summed E-state index contributed by atoms with van der Waals surface area (Å²) in [5.41, 5.74) is 7.78. The lowest BCUT2D eigenvalue weighted by molar-refractivity contribution is 0.250. The van der Waals surface area contributed by atoms with Crippen LogP contribution in [0.3, 0.4) is 0 Å². The van der Waals surface area contributed by atoms with Crippen molar-refractivity contribution in [2.24, 2.45) is 0 Å². The van der Waals surface area contributed by atoms with E-state index in [2.05, 4.69) is 0 Å². The van der Waals surface area contributed by atoms with Crippen LogP contribution in [0.4, 0.5) is 5.69 Å². The Morgan fingerprint density at radius 3 is 2.53 bits per heavy atom. The van der Waals surface area contributed by atoms with E-state index in [0.29, 0.717) is 5.69 Å². The predicted molar refractivity (Wildman–Crippen MR) is 74.3 cm³/mol. The van der Waals surface area contributed by atoms with Gasteiger partial charge in [-0.15, -0.1) is 0 Å². The fourth-order valence-corrected chi connectivity index (χ4v) is 4.22. The third-order valence-electron chi connectivity index (χ3n) is 3.50. The average Bonchev–Trinajstić information content (AvgIpc) is 3.14. The van der Waals surface area contributed by atoms with Crippen LogP contribution in [0.15, 0.2) is 17.0 Å². The van der Waals surface area contributed by atoms with E-state index in [0.717, 1.165) is 24.0 Å². The first-order valence-corrected chi connectivity index (χ1v) is 7.81. The lowest BCUT2D eigenvalue weighted by Crippen LogP contribution is -2.36. The highest BCUT2D eigenvalue weighted by Crippen LogP contribution is 2.33. The maximum absolute atomic E-state index is 12.7. The second kappa shape index (κ2) is 5.11. The molecule has 2 rings (SSSR count). The molecule has 0 amide bonds. The van der Waals surface area contributed by atoms with Gasteiger partial charge in [-0.3, -0.25) is 0 Å². The van der Waals surface area contributed by atoms with Gasteiger partial charge < -0.3 is 10.8 Å². The predicted octanol–water partition coefficient (Wildman–Crippen LogP) is 1.03. The lowest BCUT2D eigenvalue weighted by Gasteiger charge is -2.22. The van der Waals surface area contributed by atoms with Crippen LogP contribution in [0, 0.1) is 13.8 Å². The first kappa shape index (κ1) is 14.3. The molecule has 0 aromatic heterocycles. The van der Waals surface area contributed by atoms with Gasteiger partial charge in [-0.1, -0.05) is 0 Å². The quantitative estimate of drug-likeness (QED) is 0.791. The Morgan fingerprint density at radius 1 is 1.37 bits per heavy atom. The highest BCUT2D eigenvalue weighted by molar-refractivity contribution is 7.89. The maximum Gasteiger partial charge on any atom is 0.243 e. The van der Waals surface area contributed by atoms with Gasteiger partial charge in [-0.25, -0.2) is 8.42 Å². The summed E-state index contributed by atoms with van der Waals surface area (Å²) in [7, 11) is -3.58. The van der Waals surface area contributed by atoms with Gasteiger partial charge in [0.25, 0.3) is 0 Å². The van der Waals surface area contributed by atoms with Gasteiger partial charge >= 0.3 is 0 Å². The summed E-state index contributed by atoms with van der Waals surface area (Å²) in [6.45, 7) is 3.60. The van der Waals surface area contributed by atoms with Gasteiger partial charge in [-0.05, 0) is 49.9 Å². The van der Waals surface area contributed by atoms with Crippen molar-refractivity contribution in [2.45, 2.75) is 37.6 Å². The number of hydrogen-bond acceptors (Lipinski definition) is 4. The van der Waals surface area contributed by atoms with Crippen LogP contribution in [0.25, 0.3) is 0 Å². The van der Waals surface area contributed by atoms with Gasteiger partial charge in [0.1, 0.15) is 0 Å². The SMILES string of the molecule is Cc1cc(N)cc(S(=O)(=O)N(CCO)C2CC2)c1C. The van der Waals surface area contributed by atoms with E-state index >= 15 is 0 Å². The fraction of sp³-hybridized carbons (Fsp3) is 0.538. The van der Waals surface area contributed by atoms with E-state index in [9.17, 15) is 8.42 Å². The Hall–Kier alpha value is -1.11. The Kier molecular flexibility index (Phi) is 3.85. The van der Waals surface area contributed by atoms with Crippen LogP contribution >= 0.6 is 0 Å². The van der Waals surface area contributed by atoms with Crippen molar-refractivity contribution in [3.63, 3.8) is 0 Å². The third-order valence-corrected chi connectivity index (χ3v) is 5.58. The number of nitrogens with two attached hydrogens (primary N) is 1. The molecule has 1 aromatic carbocycles. The molecular weight excluding hydrogens is 264 g/mol. The van der Waals surface area contributed by atoms with E-state index in [4.69, 9.17) is 10.8 Å². The molecule has 0 atom stereocenters. The van der Waals surface area contributed by atoms with Gasteiger partial charge in [0.05, 0.1) is 11.5 Å². The number of anilines is 1. The fourth-order valence-electron chi connectivity index (χ4n) is 2.21. The number of sulfonamides is 1. The minimum atomic E-state index is -3.58. The summed E-state index contributed by atoms with van der Waals surface area (Å²) in [5, 5.41) is 9.07. The number of hydrogen-bond donors (Lipinski definition) is 2. The molecule has 0 aliphatic heterocycles. The molecule has 0 heterocycles. The van der Waals surface area contributed by atoms with Crippen LogP contribution in [0.5, 0.6) is 0 Å². The highest BCUT2D eigenvalue weighted by atomic mass is 32.2. The standard InChI is InChI=1S/C13H20N2O3S/c1-9-7-11(14)8-13(10(9)2)19(17,18)15(5-6-16)12-3-4-12/h7-8,12,16H,3-6,14H2,1-2H3. The number of aliphatic hydroxyl groups is 1. The monoisotopic (exact) mass is 284 g/mol. The Labute approximate surface area is 114 Å². The van der Waals surface area contributed by atoms with Crippen LogP contribution in [0.2, 0.25) is 0 Å². The Morgan fingerprint density at radius 2 is 2.00 bits per heavy atom. The molecule has 3 N–H and O–H groups in total. The molecule has 5 nitrogen and oxygen atoms in total. The first-order chi connectivity index (χ1) is 8.87. The van der Waals surface area contributed by atoms with E-state index in [1.807, 2.05) is 6.92 Å². The van der Waals surface area contributed by atoms with Crippen LogP contribution in [0.1, 0.15) is 24.0 Å². The van der Waals surface area contributed by atoms with Crippen molar-refractivity contribution in [3.05, 3.63) is 23.3 Å². The molecule has 0 radical (unpaired) electrons. The van der Waals surface area contributed by atoms with Gasteiger partial charge in [0.2, 0.25) is 10.0 Å². The number of benzene rings is 1. The molecule has 0 bridgehead atoms. The van der Waals surface area contributed by atoms with E-state index in [-0.39, 0.29) is 24.1 Å². The van der Waals surface area contributed by atoms with E-state index in [1.54, 1.807) is 13.0 Å². The Bertz CT molecular complexity index is 580. The minimum absolute atomic E-state index is 0.0262. The zero-order chi connectivity index (χ0) is 14.2. The van der Waals surface area contributed by atoms with Crippen molar-refractivity contribution >= 4 is 15.7 Å². The average molecular weight is 284 g/mol. The maximum atomic E-state index is 12.7. The molecule has 19 heavy (non-hydrogen) atoms. The second-order valence-electron chi connectivity index (χ2n) is 5.03. The summed E-state index contributed by atoms with van der Waals surface area (Å²) < 4.78 is 26.8. The van der Waals surface area contributed by atoms with Gasteiger partial charge in [0, 0.05) is 18.3 Å². The zero-order valence-corrected chi connectivity index (χ0v) is 12.1. The smallest absolute Gasteiger partial charge is 0.243 e. The summed E-state index contributed by atoms with van der Waals surface area (Å²) in [6.07, 6.45) is 1.72. The molecule has 1 saturated carbocycles. The summed E-state index contributed by atoms with van der Waals surface area (Å²) in [6, 6.07) is 3.30. The van der Waals surface area contributed by atoms with Crippen molar-refractivity contribution in [1.82, 2.24) is 4.31 Å². The number of aryl methyl sites for hydroxylation is 1. The molecule has 0 unspecified atom stereocenters. The van der Waals surface area contributed by atoms with Crippen molar-refractivity contribution in [1.29, 1.82) is 0 Å². The summed E-state index contributed by atoms with van der Waals surface area (Å²) in [5.74, 6) is 0. The molecule has 1 aromatic rings. The zero-order valence-electron chi connectivity index (χ0n) is 11.3. The molecule has 106 valence electrons. The number of nitrogen functional groups attached to an aromatic ring is 1. The summed E-state index contributed by atoms with van der Waals surface area (Å²) >= 11 is 0. The van der Waals surface area contributed by atoms with Crippen LogP contribution in [-0.2, 0) is 10.0 Å². The van der Waals surface area contributed by atoms with Crippen LogP contribution in [-0.4, -0.2) is 37.0 Å². The molecular formula is C13H20N2O3S. The van der Waals surface area contributed by atoms with E-state index < -0.39 is 10.0 Å². The highest BCUT2D eigenvalue weighted by Gasteiger charge is 2.38. The van der Waals surface area contributed by atoms with Crippen molar-refractivity contribution in [2.75, 3.05) is 18.9 Å². The summed E-state index contributed by atoms with van der Waals surface area (Å²) in [4.78, 5) is 0.255. The topological polar surface area (TPSA) is 83.6 Å². The van der Waals surface area contributed by atoms with Gasteiger partial charge in [-0.2, -0.15) is 4.31 Å². The molecule has 6 heteroatoms. The molecule has 1 aliphatic rings. The number of nitrogens with zero attached hydrogens (tertiary/aromatic N) is 1. The van der Waals surface area contributed by atoms with Crippen molar-refractivity contribution in [3.8, 4) is 0 Å². The Balaban J connectivity index is 2.49. The van der Waals surface area contributed by atoms with Crippen LogP contribution < -0.4 is 5.73 Å². The first-order valence-electron chi connectivity index (χ1n) is 6.37. The molecule has 0 spiro atoms. The molecule has 1 fully saturated rings. The minimum Gasteiger partial charge on any atom is -0.399 e. The number of rotatable bonds is 5. The lowest BCUT2D eigenvalue weighted by atomic mass is 10.1. The largest absolute Gasteiger partial charge is 0.399 e.